The molecule has 1 aromatic carbocycles. The summed E-state index contributed by atoms with van der Waals surface area (Å²) in [5, 5.41) is 12.1. The summed E-state index contributed by atoms with van der Waals surface area (Å²) < 4.78 is 0.780. The fourth-order valence-corrected chi connectivity index (χ4v) is 4.72. The summed E-state index contributed by atoms with van der Waals surface area (Å²) in [4.78, 5) is 42.8. The van der Waals surface area contributed by atoms with Crippen molar-refractivity contribution in [3.63, 3.8) is 0 Å². The molecule has 32 heavy (non-hydrogen) atoms. The Hall–Kier alpha value is -2.81. The van der Waals surface area contributed by atoms with Gasteiger partial charge in [0.1, 0.15) is 0 Å². The van der Waals surface area contributed by atoms with Gasteiger partial charge in [0.05, 0.1) is 0 Å². The lowest BCUT2D eigenvalue weighted by atomic mass is 10.00. The number of halogens is 1. The van der Waals surface area contributed by atoms with Gasteiger partial charge in [0.15, 0.2) is 0 Å². The predicted octanol–water partition coefficient (Wildman–Crippen LogP) is 3.57. The maximum atomic E-state index is 13.0. The van der Waals surface area contributed by atoms with Crippen LogP contribution in [0.25, 0.3) is 0 Å². The fourth-order valence-electron chi connectivity index (χ4n) is 4.27. The van der Waals surface area contributed by atoms with Gasteiger partial charge in [-0.1, -0.05) is 15.9 Å². The zero-order valence-corrected chi connectivity index (χ0v) is 20.4. The van der Waals surface area contributed by atoms with Gasteiger partial charge in [-0.05, 0) is 62.9 Å². The number of rotatable bonds is 5. The smallest absolute Gasteiger partial charge is 0.407 e. The summed E-state index contributed by atoms with van der Waals surface area (Å²) in [5.41, 5.74) is 4.26. The van der Waals surface area contributed by atoms with Crippen molar-refractivity contribution in [3.8, 4) is 0 Å². The molecule has 0 radical (unpaired) electrons. The fraction of sp³-hybridized carbons (Fsp3) is 0.435. The van der Waals surface area contributed by atoms with E-state index in [1.807, 2.05) is 40.0 Å². The van der Waals surface area contributed by atoms with Crippen LogP contribution in [0.15, 0.2) is 27.5 Å². The van der Waals surface area contributed by atoms with Crippen molar-refractivity contribution >= 4 is 33.6 Å². The standard InChI is InChI=1S/C23H29BrN4O4/c1-13-9-14(2)26-22(30)19(13)12-25-21(29)18-10-16(24)11-20(15(18)3)27(4)17-5-7-28(8-6-17)23(31)32/h9-11,17H,5-8,12H2,1-4H3,(H,25,29)(H,26,30)(H,31,32). The predicted molar refractivity (Wildman–Crippen MR) is 128 cm³/mol. The molecule has 2 amide bonds. The lowest BCUT2D eigenvalue weighted by molar-refractivity contribution is 0.0949. The number of amides is 2. The average Bonchev–Trinajstić information content (AvgIpc) is 2.73. The van der Waals surface area contributed by atoms with E-state index in [1.165, 1.54) is 4.90 Å². The Bertz CT molecular complexity index is 1090. The highest BCUT2D eigenvalue weighted by Crippen LogP contribution is 2.31. The Morgan fingerprint density at radius 2 is 1.88 bits per heavy atom. The Morgan fingerprint density at radius 3 is 2.47 bits per heavy atom. The van der Waals surface area contributed by atoms with Crippen molar-refractivity contribution in [1.29, 1.82) is 0 Å². The van der Waals surface area contributed by atoms with Gasteiger partial charge in [0.2, 0.25) is 0 Å². The van der Waals surface area contributed by atoms with Crippen LogP contribution in [0.4, 0.5) is 10.5 Å². The molecular formula is C23H29BrN4O4. The van der Waals surface area contributed by atoms with Crippen LogP contribution in [0, 0.1) is 20.8 Å². The largest absolute Gasteiger partial charge is 0.465 e. The molecular weight excluding hydrogens is 476 g/mol. The number of pyridine rings is 1. The number of nitrogens with one attached hydrogen (secondary N) is 2. The van der Waals surface area contributed by atoms with E-state index in [0.717, 1.165) is 39.8 Å². The first-order valence-corrected chi connectivity index (χ1v) is 11.4. The monoisotopic (exact) mass is 504 g/mol. The van der Waals surface area contributed by atoms with Gasteiger partial charge in [0.25, 0.3) is 11.5 Å². The van der Waals surface area contributed by atoms with E-state index in [0.29, 0.717) is 24.2 Å². The second kappa shape index (κ2) is 9.77. The molecule has 0 unspecified atom stereocenters. The number of aromatic nitrogens is 1. The number of aromatic amines is 1. The molecule has 0 atom stereocenters. The maximum Gasteiger partial charge on any atom is 0.407 e. The van der Waals surface area contributed by atoms with Gasteiger partial charge in [-0.15, -0.1) is 0 Å². The van der Waals surface area contributed by atoms with Crippen LogP contribution in [0.3, 0.4) is 0 Å². The third-order valence-electron chi connectivity index (χ3n) is 6.17. The van der Waals surface area contributed by atoms with Crippen LogP contribution in [0.1, 0.15) is 45.6 Å². The van der Waals surface area contributed by atoms with Crippen LogP contribution in [-0.4, -0.2) is 53.2 Å². The number of hydrogen-bond donors (Lipinski definition) is 3. The Morgan fingerprint density at radius 1 is 1.22 bits per heavy atom. The first-order chi connectivity index (χ1) is 15.1. The molecule has 1 fully saturated rings. The molecule has 2 aromatic rings. The first-order valence-electron chi connectivity index (χ1n) is 10.6. The molecule has 8 nitrogen and oxygen atoms in total. The number of hydrogen-bond acceptors (Lipinski definition) is 4. The van der Waals surface area contributed by atoms with Gasteiger partial charge in [0, 0.05) is 59.7 Å². The topological polar surface area (TPSA) is 106 Å². The van der Waals surface area contributed by atoms with Crippen LogP contribution >= 0.6 is 15.9 Å². The Balaban J connectivity index is 1.78. The quantitative estimate of drug-likeness (QED) is 0.576. The number of carbonyl (C=O) groups is 2. The molecule has 0 aliphatic carbocycles. The zero-order chi connectivity index (χ0) is 23.6. The van der Waals surface area contributed by atoms with Crippen LogP contribution < -0.4 is 15.8 Å². The molecule has 0 bridgehead atoms. The van der Waals surface area contributed by atoms with Crippen molar-refractivity contribution in [3.05, 3.63) is 61.0 Å². The zero-order valence-electron chi connectivity index (χ0n) is 18.8. The summed E-state index contributed by atoms with van der Waals surface area (Å²) >= 11 is 3.52. The first kappa shape index (κ1) is 23.8. The van der Waals surface area contributed by atoms with E-state index in [-0.39, 0.29) is 24.1 Å². The number of anilines is 1. The number of carbonyl (C=O) groups excluding carboxylic acids is 1. The Kier molecular flexibility index (Phi) is 7.28. The third kappa shape index (κ3) is 5.15. The van der Waals surface area contributed by atoms with Gasteiger partial charge < -0.3 is 25.2 Å². The van der Waals surface area contributed by atoms with E-state index < -0.39 is 6.09 Å². The molecule has 1 aliphatic rings. The molecule has 1 saturated heterocycles. The molecule has 9 heteroatoms. The SMILES string of the molecule is Cc1cc(C)c(CNC(=O)c2cc(Br)cc(N(C)C3CCN(C(=O)O)CC3)c2C)c(=O)[nH]1. The summed E-state index contributed by atoms with van der Waals surface area (Å²) in [6.07, 6.45) is 0.573. The number of H-pyrrole nitrogens is 1. The summed E-state index contributed by atoms with van der Waals surface area (Å²) in [6, 6.07) is 5.82. The minimum absolute atomic E-state index is 0.144. The molecule has 3 N–H and O–H groups in total. The normalized spacial score (nSPS) is 14.3. The van der Waals surface area contributed by atoms with Gasteiger partial charge in [-0.25, -0.2) is 4.79 Å². The van der Waals surface area contributed by atoms with E-state index in [1.54, 1.807) is 6.07 Å². The maximum absolute atomic E-state index is 13.0. The van der Waals surface area contributed by atoms with E-state index in [4.69, 9.17) is 0 Å². The van der Waals surface area contributed by atoms with Crippen LogP contribution in [0.5, 0.6) is 0 Å². The van der Waals surface area contributed by atoms with Gasteiger partial charge >= 0.3 is 6.09 Å². The minimum Gasteiger partial charge on any atom is -0.465 e. The number of nitrogens with zero attached hydrogens (tertiary/aromatic N) is 2. The minimum atomic E-state index is -0.883. The second-order valence-corrected chi connectivity index (χ2v) is 9.25. The van der Waals surface area contributed by atoms with Crippen molar-refractivity contribution in [2.45, 2.75) is 46.2 Å². The lowest BCUT2D eigenvalue weighted by Crippen LogP contribution is -2.45. The highest BCUT2D eigenvalue weighted by atomic mass is 79.9. The van der Waals surface area contributed by atoms with Crippen molar-refractivity contribution in [2.75, 3.05) is 25.0 Å². The van der Waals surface area contributed by atoms with Crippen molar-refractivity contribution in [1.82, 2.24) is 15.2 Å². The molecule has 2 heterocycles. The number of aryl methyl sites for hydroxylation is 2. The van der Waals surface area contributed by atoms with Gasteiger partial charge in [-0.2, -0.15) is 0 Å². The van der Waals surface area contributed by atoms with Crippen molar-refractivity contribution < 1.29 is 14.7 Å². The molecule has 1 aliphatic heterocycles. The van der Waals surface area contributed by atoms with E-state index in [2.05, 4.69) is 31.1 Å². The summed E-state index contributed by atoms with van der Waals surface area (Å²) in [6.45, 7) is 6.72. The highest BCUT2D eigenvalue weighted by Gasteiger charge is 2.27. The average molecular weight is 505 g/mol. The van der Waals surface area contributed by atoms with Crippen LogP contribution in [-0.2, 0) is 6.54 Å². The second-order valence-electron chi connectivity index (χ2n) is 8.33. The lowest BCUT2D eigenvalue weighted by Gasteiger charge is -2.37. The molecule has 0 spiro atoms. The van der Waals surface area contributed by atoms with E-state index in [9.17, 15) is 19.5 Å². The van der Waals surface area contributed by atoms with Crippen LogP contribution in [0.2, 0.25) is 0 Å². The molecule has 3 rings (SSSR count). The molecule has 1 aromatic heterocycles. The third-order valence-corrected chi connectivity index (χ3v) is 6.63. The molecule has 0 saturated carbocycles. The summed E-state index contributed by atoms with van der Waals surface area (Å²) in [5.74, 6) is -0.251. The van der Waals surface area contributed by atoms with Crippen molar-refractivity contribution in [2.24, 2.45) is 0 Å². The number of carboxylic acid groups (broad SMARTS) is 1. The number of piperidine rings is 1. The Labute approximate surface area is 195 Å². The van der Waals surface area contributed by atoms with E-state index >= 15 is 0 Å². The van der Waals surface area contributed by atoms with Gasteiger partial charge in [-0.3, -0.25) is 9.59 Å². The molecule has 172 valence electrons. The number of benzene rings is 1. The number of likely N-dealkylation sites (tertiary alicyclic amines) is 1. The summed E-state index contributed by atoms with van der Waals surface area (Å²) in [7, 11) is 1.98. The highest BCUT2D eigenvalue weighted by molar-refractivity contribution is 9.10.